The minimum absolute atomic E-state index is 0.0157. The summed E-state index contributed by atoms with van der Waals surface area (Å²) in [6, 6.07) is 6.20. The summed E-state index contributed by atoms with van der Waals surface area (Å²) in [7, 11) is -0.993. The topological polar surface area (TPSA) is 43.1 Å². The third-order valence-electron chi connectivity index (χ3n) is 4.45. The molecular formula is C16H25NOS. The van der Waals surface area contributed by atoms with Crippen molar-refractivity contribution in [1.82, 2.24) is 0 Å². The van der Waals surface area contributed by atoms with Crippen LogP contribution >= 0.6 is 0 Å². The van der Waals surface area contributed by atoms with E-state index in [2.05, 4.69) is 32.0 Å². The SMILES string of the molecule is Cc1ccc(C)c(S(=O)C2CCCC(C)(C)C2N)c1. The molecule has 3 heteroatoms. The van der Waals surface area contributed by atoms with E-state index in [1.165, 1.54) is 0 Å². The van der Waals surface area contributed by atoms with Gasteiger partial charge in [-0.15, -0.1) is 0 Å². The van der Waals surface area contributed by atoms with Gasteiger partial charge in [0.1, 0.15) is 0 Å². The molecule has 0 bridgehead atoms. The Morgan fingerprint density at radius 1 is 1.32 bits per heavy atom. The summed E-state index contributed by atoms with van der Waals surface area (Å²) < 4.78 is 12.9. The van der Waals surface area contributed by atoms with E-state index < -0.39 is 10.8 Å². The molecule has 3 unspecified atom stereocenters. The maximum atomic E-state index is 12.9. The van der Waals surface area contributed by atoms with Crippen molar-refractivity contribution in [2.24, 2.45) is 11.1 Å². The first-order valence-corrected chi connectivity index (χ1v) is 8.27. The van der Waals surface area contributed by atoms with Crippen molar-refractivity contribution >= 4 is 10.8 Å². The van der Waals surface area contributed by atoms with Crippen molar-refractivity contribution in [2.45, 2.75) is 63.1 Å². The van der Waals surface area contributed by atoms with Gasteiger partial charge in [-0.1, -0.05) is 32.4 Å². The number of hydrogen-bond donors (Lipinski definition) is 1. The van der Waals surface area contributed by atoms with Crippen molar-refractivity contribution in [3.8, 4) is 0 Å². The first-order chi connectivity index (χ1) is 8.83. The van der Waals surface area contributed by atoms with Gasteiger partial charge in [-0.2, -0.15) is 0 Å². The maximum Gasteiger partial charge on any atom is 0.0579 e. The summed E-state index contributed by atoms with van der Waals surface area (Å²) >= 11 is 0. The van der Waals surface area contributed by atoms with E-state index in [-0.39, 0.29) is 16.7 Å². The molecule has 1 aromatic carbocycles. The summed E-state index contributed by atoms with van der Waals surface area (Å²) in [6.45, 7) is 8.48. The van der Waals surface area contributed by atoms with Gasteiger partial charge in [0.15, 0.2) is 0 Å². The third-order valence-corrected chi connectivity index (χ3v) is 6.40. The zero-order valence-electron chi connectivity index (χ0n) is 12.4. The van der Waals surface area contributed by atoms with E-state index in [1.807, 2.05) is 13.8 Å². The van der Waals surface area contributed by atoms with Crippen molar-refractivity contribution in [3.63, 3.8) is 0 Å². The second-order valence-corrected chi connectivity index (χ2v) is 8.15. The molecular weight excluding hydrogens is 254 g/mol. The van der Waals surface area contributed by atoms with Gasteiger partial charge in [-0.05, 0) is 49.3 Å². The van der Waals surface area contributed by atoms with E-state index in [0.717, 1.165) is 35.3 Å². The molecule has 2 rings (SSSR count). The Labute approximate surface area is 119 Å². The molecule has 19 heavy (non-hydrogen) atoms. The van der Waals surface area contributed by atoms with Crippen LogP contribution in [-0.4, -0.2) is 15.5 Å². The average Bonchev–Trinajstić information content (AvgIpc) is 2.35. The van der Waals surface area contributed by atoms with Gasteiger partial charge < -0.3 is 5.73 Å². The predicted octanol–water partition coefficient (Wildman–Crippen LogP) is 3.32. The van der Waals surface area contributed by atoms with Gasteiger partial charge in [0.2, 0.25) is 0 Å². The van der Waals surface area contributed by atoms with E-state index in [1.54, 1.807) is 0 Å². The Morgan fingerprint density at radius 3 is 2.68 bits per heavy atom. The van der Waals surface area contributed by atoms with Crippen LogP contribution in [0.25, 0.3) is 0 Å². The highest BCUT2D eigenvalue weighted by Crippen LogP contribution is 2.38. The zero-order chi connectivity index (χ0) is 14.2. The Bertz CT molecular complexity index is 496. The Morgan fingerprint density at radius 2 is 2.00 bits per heavy atom. The van der Waals surface area contributed by atoms with Crippen LogP contribution in [0, 0.1) is 19.3 Å². The van der Waals surface area contributed by atoms with Crippen LogP contribution in [0.2, 0.25) is 0 Å². The summed E-state index contributed by atoms with van der Waals surface area (Å²) in [4.78, 5) is 0.971. The van der Waals surface area contributed by atoms with Crippen molar-refractivity contribution in [2.75, 3.05) is 0 Å². The molecule has 106 valence electrons. The standard InChI is InChI=1S/C16H25NOS/c1-11-7-8-12(2)14(10-11)19(18)13-6-5-9-16(3,4)15(13)17/h7-8,10,13,15H,5-6,9,17H2,1-4H3. The van der Waals surface area contributed by atoms with Gasteiger partial charge in [-0.25, -0.2) is 0 Å². The van der Waals surface area contributed by atoms with E-state index in [4.69, 9.17) is 5.73 Å². The molecule has 0 heterocycles. The minimum Gasteiger partial charge on any atom is -0.326 e. The lowest BCUT2D eigenvalue weighted by molar-refractivity contribution is 0.206. The highest BCUT2D eigenvalue weighted by atomic mass is 32.2. The minimum atomic E-state index is -0.993. The predicted molar refractivity (Wildman–Crippen MR) is 81.7 cm³/mol. The van der Waals surface area contributed by atoms with Crippen LogP contribution in [-0.2, 0) is 10.8 Å². The zero-order valence-corrected chi connectivity index (χ0v) is 13.2. The summed E-state index contributed by atoms with van der Waals surface area (Å²) in [5.74, 6) is 0. The fraction of sp³-hybridized carbons (Fsp3) is 0.625. The second-order valence-electron chi connectivity index (χ2n) is 6.51. The Hall–Kier alpha value is -0.670. The lowest BCUT2D eigenvalue weighted by Gasteiger charge is -2.41. The Balaban J connectivity index is 2.31. The summed E-state index contributed by atoms with van der Waals surface area (Å²) in [6.07, 6.45) is 3.24. The molecule has 1 fully saturated rings. The maximum absolute atomic E-state index is 12.9. The lowest BCUT2D eigenvalue weighted by atomic mass is 9.73. The molecule has 0 aromatic heterocycles. The molecule has 2 nitrogen and oxygen atoms in total. The summed E-state index contributed by atoms with van der Waals surface area (Å²) in [5.41, 5.74) is 8.76. The number of hydrogen-bond acceptors (Lipinski definition) is 2. The van der Waals surface area contributed by atoms with Gasteiger partial charge >= 0.3 is 0 Å². The van der Waals surface area contributed by atoms with E-state index in [9.17, 15) is 4.21 Å². The normalized spacial score (nSPS) is 28.1. The molecule has 0 saturated heterocycles. The molecule has 1 saturated carbocycles. The van der Waals surface area contributed by atoms with Crippen LogP contribution in [0.15, 0.2) is 23.1 Å². The van der Waals surface area contributed by atoms with Crippen LogP contribution in [0.5, 0.6) is 0 Å². The van der Waals surface area contributed by atoms with Gasteiger partial charge in [0.25, 0.3) is 0 Å². The monoisotopic (exact) mass is 279 g/mol. The third kappa shape index (κ3) is 2.92. The number of aryl methyl sites for hydroxylation is 2. The molecule has 0 radical (unpaired) electrons. The van der Waals surface area contributed by atoms with Crippen LogP contribution in [0.3, 0.4) is 0 Å². The molecule has 0 spiro atoms. The quantitative estimate of drug-likeness (QED) is 0.902. The smallest absolute Gasteiger partial charge is 0.0579 e. The van der Waals surface area contributed by atoms with Gasteiger partial charge in [0.05, 0.1) is 16.0 Å². The van der Waals surface area contributed by atoms with Crippen molar-refractivity contribution in [3.05, 3.63) is 29.3 Å². The van der Waals surface area contributed by atoms with Gasteiger partial charge in [-0.3, -0.25) is 4.21 Å². The highest BCUT2D eigenvalue weighted by molar-refractivity contribution is 7.85. The fourth-order valence-electron chi connectivity index (χ4n) is 2.94. The molecule has 2 N–H and O–H groups in total. The van der Waals surface area contributed by atoms with E-state index in [0.29, 0.717) is 0 Å². The first kappa shape index (κ1) is 14.7. The number of nitrogens with two attached hydrogens (primary N) is 1. The molecule has 1 aliphatic rings. The summed E-state index contributed by atoms with van der Waals surface area (Å²) in [5, 5.41) is 0.0873. The average molecular weight is 279 g/mol. The fourth-order valence-corrected chi connectivity index (χ4v) is 4.96. The number of benzene rings is 1. The highest BCUT2D eigenvalue weighted by Gasteiger charge is 2.39. The lowest BCUT2D eigenvalue weighted by Crippen LogP contribution is -2.51. The van der Waals surface area contributed by atoms with Crippen LogP contribution in [0.4, 0.5) is 0 Å². The van der Waals surface area contributed by atoms with Crippen molar-refractivity contribution in [1.29, 1.82) is 0 Å². The number of rotatable bonds is 2. The first-order valence-electron chi connectivity index (χ1n) is 7.06. The molecule has 1 aliphatic carbocycles. The Kier molecular flexibility index (Phi) is 4.17. The second kappa shape index (κ2) is 5.37. The largest absolute Gasteiger partial charge is 0.326 e. The molecule has 1 aromatic rings. The van der Waals surface area contributed by atoms with Crippen molar-refractivity contribution < 1.29 is 4.21 Å². The van der Waals surface area contributed by atoms with Gasteiger partial charge in [0, 0.05) is 10.9 Å². The van der Waals surface area contributed by atoms with Crippen LogP contribution in [0.1, 0.15) is 44.2 Å². The molecule has 0 aliphatic heterocycles. The molecule has 0 amide bonds. The van der Waals surface area contributed by atoms with E-state index >= 15 is 0 Å². The molecule has 3 atom stereocenters. The van der Waals surface area contributed by atoms with Crippen LogP contribution < -0.4 is 5.73 Å².